The number of nitrogens with zero attached hydrogens (tertiary/aromatic N) is 1. The summed E-state index contributed by atoms with van der Waals surface area (Å²) in [7, 11) is 0. The lowest BCUT2D eigenvalue weighted by molar-refractivity contribution is 0.0916. The summed E-state index contributed by atoms with van der Waals surface area (Å²) in [5.41, 5.74) is 0.976. The van der Waals surface area contributed by atoms with Gasteiger partial charge < -0.3 is 10.1 Å². The fraction of sp³-hybridized carbons (Fsp3) is 0.381. The Morgan fingerprint density at radius 3 is 2.59 bits per heavy atom. The number of rotatable bonds is 6. The van der Waals surface area contributed by atoms with Crippen LogP contribution in [0.5, 0.6) is 5.75 Å². The molecule has 1 N–H and O–H groups in total. The molecule has 0 aromatic heterocycles. The van der Waals surface area contributed by atoms with Gasteiger partial charge in [0.1, 0.15) is 11.6 Å². The zero-order valence-electron chi connectivity index (χ0n) is 16.1. The maximum atomic E-state index is 14.3. The molecule has 0 spiro atoms. The van der Waals surface area contributed by atoms with Crippen molar-refractivity contribution in [1.29, 1.82) is 0 Å². The summed E-state index contributed by atoms with van der Waals surface area (Å²) in [6, 6.07) is 9.18. The summed E-state index contributed by atoms with van der Waals surface area (Å²) in [6.07, 6.45) is 0. The van der Waals surface area contributed by atoms with Gasteiger partial charge in [-0.05, 0) is 75.5 Å². The first-order chi connectivity index (χ1) is 13.7. The van der Waals surface area contributed by atoms with Crippen LogP contribution in [0.2, 0.25) is 0 Å². The predicted molar refractivity (Wildman–Crippen MR) is 123 cm³/mol. The Morgan fingerprint density at radius 2 is 1.90 bits per heavy atom. The molecule has 1 fully saturated rings. The van der Waals surface area contributed by atoms with Gasteiger partial charge in [-0.25, -0.2) is 4.39 Å². The van der Waals surface area contributed by atoms with E-state index in [4.69, 9.17) is 4.74 Å². The van der Waals surface area contributed by atoms with E-state index in [1.165, 1.54) is 6.07 Å². The molecule has 0 saturated carbocycles. The van der Waals surface area contributed by atoms with Gasteiger partial charge in [0.25, 0.3) is 0 Å². The number of benzene rings is 2. The van der Waals surface area contributed by atoms with Crippen molar-refractivity contribution >= 4 is 53.6 Å². The lowest BCUT2D eigenvalue weighted by Crippen LogP contribution is -2.53. The zero-order chi connectivity index (χ0) is 21.1. The van der Waals surface area contributed by atoms with E-state index in [0.29, 0.717) is 33.3 Å². The Kier molecular flexibility index (Phi) is 7.89. The summed E-state index contributed by atoms with van der Waals surface area (Å²) in [6.45, 7) is 6.57. The SMILES string of the molecule is CC1CN(Cc2ccc(F)c(C(=O)COc3c(Br)cc(Br)cc3Br)c2)C(C)CN1. The highest BCUT2D eigenvalue weighted by Crippen LogP contribution is 2.36. The summed E-state index contributed by atoms with van der Waals surface area (Å²) in [5, 5.41) is 3.45. The van der Waals surface area contributed by atoms with Crippen LogP contribution in [-0.2, 0) is 6.54 Å². The summed E-state index contributed by atoms with van der Waals surface area (Å²) in [4.78, 5) is 15.0. The van der Waals surface area contributed by atoms with E-state index in [1.54, 1.807) is 12.1 Å². The maximum Gasteiger partial charge on any atom is 0.203 e. The Hall–Kier alpha value is -0.800. The minimum atomic E-state index is -0.530. The fourth-order valence-corrected chi connectivity index (χ4v) is 5.81. The van der Waals surface area contributed by atoms with Crippen molar-refractivity contribution in [3.05, 3.63) is 60.7 Å². The minimum Gasteiger partial charge on any atom is -0.483 e. The van der Waals surface area contributed by atoms with Crippen LogP contribution in [0.15, 0.2) is 43.7 Å². The molecular weight excluding hydrogens is 571 g/mol. The molecule has 0 bridgehead atoms. The number of carbonyl (C=O) groups is 1. The van der Waals surface area contributed by atoms with E-state index < -0.39 is 11.6 Å². The van der Waals surface area contributed by atoms with E-state index in [2.05, 4.69) is 71.9 Å². The maximum absolute atomic E-state index is 14.3. The molecule has 29 heavy (non-hydrogen) atoms. The quantitative estimate of drug-likeness (QED) is 0.446. The van der Waals surface area contributed by atoms with Crippen LogP contribution in [-0.4, -0.2) is 42.5 Å². The topological polar surface area (TPSA) is 41.6 Å². The van der Waals surface area contributed by atoms with Gasteiger partial charge in [0.15, 0.2) is 6.61 Å². The van der Waals surface area contributed by atoms with Gasteiger partial charge in [0.05, 0.1) is 14.5 Å². The lowest BCUT2D eigenvalue weighted by atomic mass is 10.0. The zero-order valence-corrected chi connectivity index (χ0v) is 20.9. The van der Waals surface area contributed by atoms with Crippen molar-refractivity contribution in [2.45, 2.75) is 32.5 Å². The van der Waals surface area contributed by atoms with Gasteiger partial charge in [-0.2, -0.15) is 0 Å². The molecule has 1 aliphatic rings. The lowest BCUT2D eigenvalue weighted by Gasteiger charge is -2.37. The molecule has 1 aliphatic heterocycles. The molecule has 0 radical (unpaired) electrons. The summed E-state index contributed by atoms with van der Waals surface area (Å²) >= 11 is 10.2. The van der Waals surface area contributed by atoms with Gasteiger partial charge in [0.2, 0.25) is 5.78 Å². The molecular formula is C21H22Br3FN2O2. The first-order valence-electron chi connectivity index (χ1n) is 9.31. The van der Waals surface area contributed by atoms with Crippen molar-refractivity contribution in [3.8, 4) is 5.75 Å². The Bertz CT molecular complexity index is 886. The van der Waals surface area contributed by atoms with E-state index in [1.807, 2.05) is 12.1 Å². The van der Waals surface area contributed by atoms with Gasteiger partial charge in [-0.1, -0.05) is 22.0 Å². The first-order valence-corrected chi connectivity index (χ1v) is 11.7. The van der Waals surface area contributed by atoms with E-state index in [-0.39, 0.29) is 12.2 Å². The third kappa shape index (κ3) is 5.88. The van der Waals surface area contributed by atoms with Crippen molar-refractivity contribution in [1.82, 2.24) is 10.2 Å². The molecule has 0 amide bonds. The molecule has 2 aromatic rings. The average Bonchev–Trinajstić information content (AvgIpc) is 2.65. The summed E-state index contributed by atoms with van der Waals surface area (Å²) in [5.74, 6) is -0.424. The molecule has 1 saturated heterocycles. The molecule has 2 atom stereocenters. The molecule has 2 aromatic carbocycles. The second-order valence-electron chi connectivity index (χ2n) is 7.31. The fourth-order valence-electron chi connectivity index (χ4n) is 3.32. The Balaban J connectivity index is 1.71. The standard InChI is InChI=1S/C21H22Br3FN2O2/c1-12-9-27(13(2)8-26-12)10-14-3-4-19(25)16(5-14)20(28)11-29-21-17(23)6-15(22)7-18(21)24/h3-7,12-13,26H,8-11H2,1-2H3. The molecule has 8 heteroatoms. The number of piperazine rings is 1. The van der Waals surface area contributed by atoms with Crippen LogP contribution in [0, 0.1) is 5.82 Å². The second-order valence-corrected chi connectivity index (χ2v) is 9.94. The minimum absolute atomic E-state index is 0.0580. The highest BCUT2D eigenvalue weighted by Gasteiger charge is 2.23. The van der Waals surface area contributed by atoms with Crippen LogP contribution in [0.4, 0.5) is 4.39 Å². The number of ketones is 1. The van der Waals surface area contributed by atoms with Crippen LogP contribution >= 0.6 is 47.8 Å². The van der Waals surface area contributed by atoms with Crippen LogP contribution in [0.3, 0.4) is 0 Å². The number of halogens is 4. The normalized spacial score (nSPS) is 19.9. The molecule has 0 aliphatic carbocycles. The monoisotopic (exact) mass is 590 g/mol. The first kappa shape index (κ1) is 22.9. The number of Topliss-reactive ketones (excluding diaryl/α,β-unsaturated/α-hetero) is 1. The van der Waals surface area contributed by atoms with Crippen molar-refractivity contribution in [2.75, 3.05) is 19.7 Å². The van der Waals surface area contributed by atoms with Crippen LogP contribution in [0.25, 0.3) is 0 Å². The van der Waals surface area contributed by atoms with Gasteiger partial charge >= 0.3 is 0 Å². The molecule has 2 unspecified atom stereocenters. The third-order valence-electron chi connectivity index (χ3n) is 4.92. The molecule has 3 rings (SSSR count). The van der Waals surface area contributed by atoms with Crippen molar-refractivity contribution < 1.29 is 13.9 Å². The van der Waals surface area contributed by atoms with E-state index in [9.17, 15) is 9.18 Å². The highest BCUT2D eigenvalue weighted by molar-refractivity contribution is 9.11. The van der Waals surface area contributed by atoms with Crippen LogP contribution in [0.1, 0.15) is 29.8 Å². The van der Waals surface area contributed by atoms with Crippen LogP contribution < -0.4 is 10.1 Å². The second kappa shape index (κ2) is 10.0. The summed E-state index contributed by atoms with van der Waals surface area (Å²) < 4.78 is 22.3. The van der Waals surface area contributed by atoms with Gasteiger partial charge in [-0.3, -0.25) is 9.69 Å². The number of carbonyl (C=O) groups excluding carboxylic acids is 1. The van der Waals surface area contributed by atoms with Crippen molar-refractivity contribution in [2.24, 2.45) is 0 Å². The van der Waals surface area contributed by atoms with E-state index >= 15 is 0 Å². The largest absolute Gasteiger partial charge is 0.483 e. The Labute approximate surface area is 195 Å². The van der Waals surface area contributed by atoms with Gasteiger partial charge in [-0.15, -0.1) is 0 Å². The highest BCUT2D eigenvalue weighted by atomic mass is 79.9. The number of ether oxygens (including phenoxy) is 1. The number of nitrogens with one attached hydrogen (secondary N) is 1. The van der Waals surface area contributed by atoms with Gasteiger partial charge in [0, 0.05) is 36.2 Å². The predicted octanol–water partition coefficient (Wildman–Crippen LogP) is 5.56. The molecule has 4 nitrogen and oxygen atoms in total. The smallest absolute Gasteiger partial charge is 0.203 e. The number of hydrogen-bond acceptors (Lipinski definition) is 4. The average molecular weight is 593 g/mol. The van der Waals surface area contributed by atoms with E-state index in [0.717, 1.165) is 23.1 Å². The molecule has 1 heterocycles. The van der Waals surface area contributed by atoms with Crippen molar-refractivity contribution in [3.63, 3.8) is 0 Å². The number of hydrogen-bond donors (Lipinski definition) is 1. The Morgan fingerprint density at radius 1 is 1.21 bits per heavy atom. The third-order valence-corrected chi connectivity index (χ3v) is 6.56. The molecule has 156 valence electrons.